The summed E-state index contributed by atoms with van der Waals surface area (Å²) in [5.41, 5.74) is 9.00. The highest BCUT2D eigenvalue weighted by Gasteiger charge is 2.11. The molecule has 0 radical (unpaired) electrons. The van der Waals surface area contributed by atoms with E-state index < -0.39 is 0 Å². The van der Waals surface area contributed by atoms with Crippen LogP contribution in [0.4, 0.5) is 0 Å². The molecule has 0 aliphatic carbocycles. The molecule has 3 nitrogen and oxygen atoms in total. The van der Waals surface area contributed by atoms with Gasteiger partial charge in [-0.2, -0.15) is 0 Å². The Kier molecular flexibility index (Phi) is 4.46. The van der Waals surface area contributed by atoms with Crippen molar-refractivity contribution in [1.82, 2.24) is 14.5 Å². The molecule has 7 aromatic rings. The fraction of sp³-hybridized carbons (Fsp3) is 0. The van der Waals surface area contributed by atoms with Crippen LogP contribution in [0.1, 0.15) is 0 Å². The van der Waals surface area contributed by atoms with Crippen molar-refractivity contribution in [3.63, 3.8) is 0 Å². The van der Waals surface area contributed by atoms with Gasteiger partial charge in [0, 0.05) is 27.4 Å². The molecule has 5 aromatic carbocycles. The van der Waals surface area contributed by atoms with Crippen LogP contribution in [-0.2, 0) is 0 Å². The molecule has 0 saturated carbocycles. The van der Waals surface area contributed by atoms with Crippen molar-refractivity contribution in [2.45, 2.75) is 0 Å². The van der Waals surface area contributed by atoms with E-state index in [0.717, 1.165) is 27.8 Å². The summed E-state index contributed by atoms with van der Waals surface area (Å²) in [7, 11) is 0. The van der Waals surface area contributed by atoms with E-state index in [1.807, 2.05) is 18.2 Å². The van der Waals surface area contributed by atoms with E-state index in [0.29, 0.717) is 0 Å². The maximum absolute atomic E-state index is 4.56. The van der Waals surface area contributed by atoms with Gasteiger partial charge in [-0.15, -0.1) is 0 Å². The number of fused-ring (bicyclic) bond motifs is 4. The van der Waals surface area contributed by atoms with E-state index in [1.54, 1.807) is 6.33 Å². The predicted molar refractivity (Wildman–Crippen MR) is 145 cm³/mol. The van der Waals surface area contributed by atoms with Crippen molar-refractivity contribution in [3.8, 4) is 28.1 Å². The summed E-state index contributed by atoms with van der Waals surface area (Å²) in [4.78, 5) is 8.94. The van der Waals surface area contributed by atoms with Crippen molar-refractivity contribution in [2.24, 2.45) is 0 Å². The van der Waals surface area contributed by atoms with E-state index in [2.05, 4.69) is 118 Å². The van der Waals surface area contributed by atoms with Gasteiger partial charge >= 0.3 is 0 Å². The van der Waals surface area contributed by atoms with Crippen molar-refractivity contribution in [2.75, 3.05) is 0 Å². The summed E-state index contributed by atoms with van der Waals surface area (Å²) in [6.45, 7) is 0. The smallest absolute Gasteiger partial charge is 0.116 e. The molecule has 2 aromatic heterocycles. The molecule has 0 spiro atoms. The Hall–Kier alpha value is -4.76. The Morgan fingerprint density at radius 2 is 0.943 bits per heavy atom. The van der Waals surface area contributed by atoms with E-state index in [-0.39, 0.29) is 0 Å². The third kappa shape index (κ3) is 3.21. The van der Waals surface area contributed by atoms with Crippen LogP contribution < -0.4 is 0 Å². The Morgan fingerprint density at radius 3 is 1.60 bits per heavy atom. The van der Waals surface area contributed by atoms with Crippen LogP contribution >= 0.6 is 0 Å². The molecule has 0 aliphatic heterocycles. The number of hydrogen-bond acceptors (Lipinski definition) is 2. The quantitative estimate of drug-likeness (QED) is 0.274. The summed E-state index contributed by atoms with van der Waals surface area (Å²) in [6.07, 6.45) is 1.64. The number of nitrogens with zero attached hydrogens (tertiary/aromatic N) is 3. The molecule has 0 bridgehead atoms. The Bertz CT molecular complexity index is 1770. The minimum atomic E-state index is 0.960. The molecular weight excluding hydrogens is 426 g/mol. The fourth-order valence-corrected chi connectivity index (χ4v) is 5.06. The van der Waals surface area contributed by atoms with Crippen molar-refractivity contribution < 1.29 is 0 Å². The molecule has 0 atom stereocenters. The maximum Gasteiger partial charge on any atom is 0.116 e. The number of para-hydroxylation sites is 3. The molecule has 0 amide bonds. The summed E-state index contributed by atoms with van der Waals surface area (Å²) in [5, 5.41) is 3.62. The molecule has 2 heterocycles. The summed E-state index contributed by atoms with van der Waals surface area (Å²) < 4.78 is 2.35. The third-order valence-electron chi connectivity index (χ3n) is 6.74. The Labute approximate surface area is 203 Å². The van der Waals surface area contributed by atoms with Gasteiger partial charge in [-0.25, -0.2) is 9.97 Å². The van der Waals surface area contributed by atoms with E-state index in [9.17, 15) is 0 Å². The Morgan fingerprint density at radius 1 is 0.429 bits per heavy atom. The first kappa shape index (κ1) is 19.7. The molecule has 0 N–H and O–H groups in total. The molecular formula is C32H21N3. The number of benzene rings is 5. The van der Waals surface area contributed by atoms with Crippen LogP contribution in [0.2, 0.25) is 0 Å². The topological polar surface area (TPSA) is 30.7 Å². The van der Waals surface area contributed by atoms with Crippen molar-refractivity contribution in [3.05, 3.63) is 128 Å². The fourth-order valence-electron chi connectivity index (χ4n) is 5.06. The third-order valence-corrected chi connectivity index (χ3v) is 6.74. The van der Waals surface area contributed by atoms with Crippen LogP contribution in [0.15, 0.2) is 128 Å². The van der Waals surface area contributed by atoms with Gasteiger partial charge < -0.3 is 4.57 Å². The van der Waals surface area contributed by atoms with Gasteiger partial charge in [0.2, 0.25) is 0 Å². The van der Waals surface area contributed by atoms with Crippen LogP contribution in [-0.4, -0.2) is 14.5 Å². The van der Waals surface area contributed by atoms with Crippen LogP contribution in [0.25, 0.3) is 60.8 Å². The van der Waals surface area contributed by atoms with Gasteiger partial charge in [0.15, 0.2) is 0 Å². The highest BCUT2D eigenvalue weighted by atomic mass is 15.0. The zero-order valence-corrected chi connectivity index (χ0v) is 19.0. The van der Waals surface area contributed by atoms with Gasteiger partial charge in [0.1, 0.15) is 6.33 Å². The second kappa shape index (κ2) is 7.93. The second-order valence-corrected chi connectivity index (χ2v) is 8.73. The minimum absolute atomic E-state index is 0.960. The first-order valence-electron chi connectivity index (χ1n) is 11.8. The standard InChI is InChI=1S/C32H21N3/c1-4-10-29-28(9-1)32(34-21-33-29)24-15-13-22(14-16-24)23-17-19-25(20-18-23)35-30-11-5-2-7-26(30)27-8-3-6-12-31(27)35/h1-21H. The highest BCUT2D eigenvalue weighted by Crippen LogP contribution is 2.33. The molecule has 3 heteroatoms. The molecule has 0 saturated heterocycles. The molecule has 7 rings (SSSR count). The highest BCUT2D eigenvalue weighted by molar-refractivity contribution is 6.09. The van der Waals surface area contributed by atoms with Gasteiger partial charge in [-0.3, -0.25) is 0 Å². The molecule has 0 fully saturated rings. The lowest BCUT2D eigenvalue weighted by molar-refractivity contribution is 1.18. The summed E-state index contributed by atoms with van der Waals surface area (Å²) in [6, 6.07) is 42.8. The zero-order chi connectivity index (χ0) is 23.2. The number of hydrogen-bond donors (Lipinski definition) is 0. The lowest BCUT2D eigenvalue weighted by Gasteiger charge is -2.10. The number of rotatable bonds is 3. The lowest BCUT2D eigenvalue weighted by Crippen LogP contribution is -1.93. The normalized spacial score (nSPS) is 11.4. The van der Waals surface area contributed by atoms with Crippen molar-refractivity contribution >= 4 is 32.7 Å². The van der Waals surface area contributed by atoms with Gasteiger partial charge in [-0.1, -0.05) is 91.0 Å². The summed E-state index contributed by atoms with van der Waals surface area (Å²) >= 11 is 0. The van der Waals surface area contributed by atoms with Crippen LogP contribution in [0.5, 0.6) is 0 Å². The lowest BCUT2D eigenvalue weighted by atomic mass is 10.0. The SMILES string of the molecule is c1ccc2c(-c3ccc(-c4ccc(-n5c6ccccc6c6ccccc65)cc4)cc3)ncnc2c1. The van der Waals surface area contributed by atoms with E-state index >= 15 is 0 Å². The maximum atomic E-state index is 4.56. The zero-order valence-electron chi connectivity index (χ0n) is 19.0. The minimum Gasteiger partial charge on any atom is -0.309 e. The first-order chi connectivity index (χ1) is 17.4. The first-order valence-corrected chi connectivity index (χ1v) is 11.8. The average Bonchev–Trinajstić information content (AvgIpc) is 3.27. The monoisotopic (exact) mass is 447 g/mol. The molecule has 35 heavy (non-hydrogen) atoms. The second-order valence-electron chi connectivity index (χ2n) is 8.73. The molecule has 0 unspecified atom stereocenters. The van der Waals surface area contributed by atoms with E-state index in [4.69, 9.17) is 0 Å². The van der Waals surface area contributed by atoms with Gasteiger partial charge in [0.05, 0.1) is 22.2 Å². The number of aromatic nitrogens is 3. The largest absolute Gasteiger partial charge is 0.309 e. The van der Waals surface area contributed by atoms with Gasteiger partial charge in [-0.05, 0) is 41.5 Å². The van der Waals surface area contributed by atoms with E-state index in [1.165, 1.54) is 32.9 Å². The summed E-state index contributed by atoms with van der Waals surface area (Å²) in [5.74, 6) is 0. The molecule has 0 aliphatic rings. The van der Waals surface area contributed by atoms with Crippen molar-refractivity contribution in [1.29, 1.82) is 0 Å². The predicted octanol–water partition coefficient (Wildman–Crippen LogP) is 8.06. The molecule has 164 valence electrons. The van der Waals surface area contributed by atoms with Gasteiger partial charge in [0.25, 0.3) is 0 Å². The average molecular weight is 448 g/mol. The van der Waals surface area contributed by atoms with Crippen LogP contribution in [0.3, 0.4) is 0 Å². The van der Waals surface area contributed by atoms with Crippen LogP contribution in [0, 0.1) is 0 Å². The Balaban J connectivity index is 1.27.